The molecule has 1 unspecified atom stereocenters. The highest BCUT2D eigenvalue weighted by Crippen LogP contribution is 2.39. The van der Waals surface area contributed by atoms with Crippen molar-refractivity contribution in [2.24, 2.45) is 0 Å². The average molecular weight is 332 g/mol. The molecule has 0 bridgehead atoms. The van der Waals surface area contributed by atoms with E-state index in [1.165, 1.54) is 24.3 Å². The van der Waals surface area contributed by atoms with Crippen LogP contribution in [0.1, 0.15) is 25.7 Å². The van der Waals surface area contributed by atoms with Crippen molar-refractivity contribution < 1.29 is 4.74 Å². The van der Waals surface area contributed by atoms with Gasteiger partial charge < -0.3 is 10.1 Å². The van der Waals surface area contributed by atoms with Gasteiger partial charge in [-0.1, -0.05) is 23.2 Å². The molecule has 0 amide bonds. The van der Waals surface area contributed by atoms with Crippen LogP contribution in [0.4, 0.5) is 5.69 Å². The second-order valence-corrected chi connectivity index (χ2v) is 7.67. The Morgan fingerprint density at radius 2 is 2.05 bits per heavy atom. The van der Waals surface area contributed by atoms with E-state index in [2.05, 4.69) is 5.32 Å². The molecule has 1 N–H and O–H groups in total. The highest BCUT2D eigenvalue weighted by molar-refractivity contribution is 7.99. The van der Waals surface area contributed by atoms with Crippen molar-refractivity contribution in [2.75, 3.05) is 23.4 Å². The molecular weight excluding hydrogens is 313 g/mol. The van der Waals surface area contributed by atoms with Crippen LogP contribution in [0.3, 0.4) is 0 Å². The third-order valence-corrected chi connectivity index (χ3v) is 5.72. The Morgan fingerprint density at radius 3 is 2.80 bits per heavy atom. The summed E-state index contributed by atoms with van der Waals surface area (Å²) in [5.74, 6) is 2.43. The summed E-state index contributed by atoms with van der Waals surface area (Å²) in [5.41, 5.74) is 1.07. The molecule has 0 aliphatic carbocycles. The first-order chi connectivity index (χ1) is 9.67. The van der Waals surface area contributed by atoms with Crippen LogP contribution in [0.5, 0.6) is 0 Å². The number of rotatable bonds is 2. The maximum Gasteiger partial charge on any atom is 0.0717 e. The molecule has 0 aromatic heterocycles. The zero-order valence-corrected chi connectivity index (χ0v) is 13.7. The normalized spacial score (nSPS) is 25.6. The fraction of sp³-hybridized carbons (Fsp3) is 0.600. The SMILES string of the molecule is Clc1ccc(NC2CCOC3(CCSCC3)C2)c(Cl)c1. The number of hydrogen-bond donors (Lipinski definition) is 1. The fourth-order valence-corrected chi connectivity index (χ4v) is 4.77. The summed E-state index contributed by atoms with van der Waals surface area (Å²) in [5, 5.41) is 4.94. The number of anilines is 1. The Bertz CT molecular complexity index is 471. The standard InChI is InChI=1S/C15H19Cl2NOS/c16-11-1-2-14(13(17)9-11)18-12-3-6-19-15(10-12)4-7-20-8-5-15/h1-2,9,12,18H,3-8,10H2. The Balaban J connectivity index is 1.68. The topological polar surface area (TPSA) is 21.3 Å². The van der Waals surface area contributed by atoms with Gasteiger partial charge in [-0.05, 0) is 55.4 Å². The van der Waals surface area contributed by atoms with E-state index >= 15 is 0 Å². The minimum absolute atomic E-state index is 0.0973. The minimum atomic E-state index is 0.0973. The fourth-order valence-electron chi connectivity index (χ4n) is 3.07. The summed E-state index contributed by atoms with van der Waals surface area (Å²) in [6.45, 7) is 0.841. The maximum atomic E-state index is 6.24. The quantitative estimate of drug-likeness (QED) is 0.836. The summed E-state index contributed by atoms with van der Waals surface area (Å²) in [6.07, 6.45) is 4.45. The molecule has 1 atom stereocenters. The Morgan fingerprint density at radius 1 is 1.25 bits per heavy atom. The van der Waals surface area contributed by atoms with Gasteiger partial charge in [-0.25, -0.2) is 0 Å². The highest BCUT2D eigenvalue weighted by atomic mass is 35.5. The van der Waals surface area contributed by atoms with Crippen LogP contribution in [0.25, 0.3) is 0 Å². The molecule has 20 heavy (non-hydrogen) atoms. The second-order valence-electron chi connectivity index (χ2n) is 5.60. The molecule has 5 heteroatoms. The van der Waals surface area contributed by atoms with Crippen LogP contribution >= 0.6 is 35.0 Å². The first kappa shape index (κ1) is 14.8. The van der Waals surface area contributed by atoms with Gasteiger partial charge in [-0.3, -0.25) is 0 Å². The minimum Gasteiger partial charge on any atom is -0.381 e. The van der Waals surface area contributed by atoms with Crippen LogP contribution in [-0.2, 0) is 4.74 Å². The van der Waals surface area contributed by atoms with Crippen molar-refractivity contribution in [3.63, 3.8) is 0 Å². The van der Waals surface area contributed by atoms with Crippen molar-refractivity contribution >= 4 is 40.7 Å². The third-order valence-electron chi connectivity index (χ3n) is 4.19. The van der Waals surface area contributed by atoms with Crippen molar-refractivity contribution in [1.82, 2.24) is 0 Å². The first-order valence-corrected chi connectivity index (χ1v) is 9.01. The van der Waals surface area contributed by atoms with Crippen LogP contribution in [0, 0.1) is 0 Å². The molecule has 0 saturated carbocycles. The van der Waals surface area contributed by atoms with E-state index in [1.807, 2.05) is 23.9 Å². The van der Waals surface area contributed by atoms with Gasteiger partial charge in [0.15, 0.2) is 0 Å². The molecule has 3 rings (SSSR count). The number of halogens is 2. The third kappa shape index (κ3) is 3.38. The Kier molecular flexibility index (Phi) is 4.71. The molecule has 1 spiro atoms. The van der Waals surface area contributed by atoms with Gasteiger partial charge in [-0.2, -0.15) is 11.8 Å². The number of benzene rings is 1. The predicted molar refractivity (Wildman–Crippen MR) is 88.3 cm³/mol. The average Bonchev–Trinajstić information content (AvgIpc) is 2.43. The smallest absolute Gasteiger partial charge is 0.0717 e. The molecule has 110 valence electrons. The van der Waals surface area contributed by atoms with E-state index in [9.17, 15) is 0 Å². The summed E-state index contributed by atoms with van der Waals surface area (Å²) in [4.78, 5) is 0. The highest BCUT2D eigenvalue weighted by Gasteiger charge is 2.38. The van der Waals surface area contributed by atoms with Crippen molar-refractivity contribution in [2.45, 2.75) is 37.3 Å². The zero-order valence-electron chi connectivity index (χ0n) is 11.3. The predicted octanol–water partition coefficient (Wildman–Crippen LogP) is 4.85. The number of hydrogen-bond acceptors (Lipinski definition) is 3. The van der Waals surface area contributed by atoms with Gasteiger partial charge >= 0.3 is 0 Å². The van der Waals surface area contributed by atoms with E-state index in [4.69, 9.17) is 27.9 Å². The zero-order chi connectivity index (χ0) is 14.0. The van der Waals surface area contributed by atoms with Crippen LogP contribution in [0.2, 0.25) is 10.0 Å². The van der Waals surface area contributed by atoms with Gasteiger partial charge in [0.05, 0.1) is 16.3 Å². The Labute approximate surface area is 134 Å². The lowest BCUT2D eigenvalue weighted by molar-refractivity contribution is -0.0865. The molecule has 1 aromatic carbocycles. The van der Waals surface area contributed by atoms with E-state index in [1.54, 1.807) is 6.07 Å². The molecule has 2 aliphatic rings. The number of nitrogens with one attached hydrogen (secondary N) is 1. The van der Waals surface area contributed by atoms with Crippen molar-refractivity contribution in [3.05, 3.63) is 28.2 Å². The largest absolute Gasteiger partial charge is 0.381 e. The summed E-state index contributed by atoms with van der Waals surface area (Å²) < 4.78 is 6.12. The monoisotopic (exact) mass is 331 g/mol. The number of ether oxygens (including phenoxy) is 1. The molecule has 2 saturated heterocycles. The maximum absolute atomic E-state index is 6.24. The molecule has 0 radical (unpaired) electrons. The Hall–Kier alpha value is -0.0900. The van der Waals surface area contributed by atoms with E-state index in [0.717, 1.165) is 25.1 Å². The molecule has 2 heterocycles. The van der Waals surface area contributed by atoms with E-state index < -0.39 is 0 Å². The van der Waals surface area contributed by atoms with Gasteiger partial charge in [0, 0.05) is 17.7 Å². The van der Waals surface area contributed by atoms with Crippen LogP contribution < -0.4 is 5.32 Å². The molecule has 2 aliphatic heterocycles. The molecule has 2 fully saturated rings. The van der Waals surface area contributed by atoms with Crippen molar-refractivity contribution in [3.8, 4) is 0 Å². The van der Waals surface area contributed by atoms with Gasteiger partial charge in [0.25, 0.3) is 0 Å². The van der Waals surface area contributed by atoms with Gasteiger partial charge in [0.1, 0.15) is 0 Å². The van der Waals surface area contributed by atoms with Gasteiger partial charge in [-0.15, -0.1) is 0 Å². The number of thioether (sulfide) groups is 1. The molecule has 2 nitrogen and oxygen atoms in total. The summed E-state index contributed by atoms with van der Waals surface area (Å²) in [6, 6.07) is 6.06. The van der Waals surface area contributed by atoms with Crippen LogP contribution in [-0.4, -0.2) is 29.8 Å². The molecule has 1 aromatic rings. The molecular formula is C15H19Cl2NOS. The lowest BCUT2D eigenvalue weighted by Gasteiger charge is -2.43. The first-order valence-electron chi connectivity index (χ1n) is 7.10. The summed E-state index contributed by atoms with van der Waals surface area (Å²) >= 11 is 14.2. The lowest BCUT2D eigenvalue weighted by Crippen LogP contribution is -2.46. The summed E-state index contributed by atoms with van der Waals surface area (Å²) in [7, 11) is 0. The van der Waals surface area contributed by atoms with E-state index in [-0.39, 0.29) is 5.60 Å². The van der Waals surface area contributed by atoms with Gasteiger partial charge in [0.2, 0.25) is 0 Å². The van der Waals surface area contributed by atoms with E-state index in [0.29, 0.717) is 16.1 Å². The van der Waals surface area contributed by atoms with Crippen molar-refractivity contribution in [1.29, 1.82) is 0 Å². The lowest BCUT2D eigenvalue weighted by atomic mass is 9.85. The van der Waals surface area contributed by atoms with Crippen LogP contribution in [0.15, 0.2) is 18.2 Å². The second kappa shape index (κ2) is 6.35.